The van der Waals surface area contributed by atoms with Gasteiger partial charge in [-0.2, -0.15) is 0 Å². The number of hydrogen-bond acceptors (Lipinski definition) is 6. The molecule has 2 aliphatic carbocycles. The van der Waals surface area contributed by atoms with Gasteiger partial charge in [0.2, 0.25) is 23.6 Å². The van der Waals surface area contributed by atoms with Gasteiger partial charge in [-0.3, -0.25) is 24.1 Å². The summed E-state index contributed by atoms with van der Waals surface area (Å²) in [5.74, 6) is -4.99. The molecule has 8 nitrogen and oxygen atoms in total. The van der Waals surface area contributed by atoms with Gasteiger partial charge in [-0.25, -0.2) is 9.29 Å². The quantitative estimate of drug-likeness (QED) is 0.274. The Bertz CT molecular complexity index is 1580. The van der Waals surface area contributed by atoms with E-state index < -0.39 is 52.6 Å². The van der Waals surface area contributed by atoms with Crippen molar-refractivity contribution in [3.8, 4) is 11.5 Å². The fourth-order valence-corrected chi connectivity index (χ4v) is 8.36. The Kier molecular flexibility index (Phi) is 6.72. The van der Waals surface area contributed by atoms with Gasteiger partial charge in [-0.1, -0.05) is 23.3 Å². The standard InChI is InChI=1S/C30H27ClFIN2O6/c1-4-34-26(37)16-7-6-15-17(23(16)28(34)39)12-18-27(38)35(14-5-8-20(32)19(31)11-14)29(40)30(18,2)24(15)13-9-21(33)25(36)22(10-13)41-3/h5-6,8-11,16-18,23-24,36H,4,7,12H2,1-3H3. The van der Waals surface area contributed by atoms with Crippen LogP contribution < -0.4 is 9.64 Å². The summed E-state index contributed by atoms with van der Waals surface area (Å²) in [6.07, 6.45) is 2.52. The number of benzene rings is 2. The number of phenols is 1. The highest BCUT2D eigenvalue weighted by molar-refractivity contribution is 14.1. The van der Waals surface area contributed by atoms with Gasteiger partial charge in [0.1, 0.15) is 5.82 Å². The third-order valence-corrected chi connectivity index (χ3v) is 10.6. The Morgan fingerprint density at radius 1 is 1.12 bits per heavy atom. The molecule has 4 aliphatic rings. The smallest absolute Gasteiger partial charge is 0.241 e. The van der Waals surface area contributed by atoms with Crippen molar-refractivity contribution in [1.82, 2.24) is 4.90 Å². The van der Waals surface area contributed by atoms with Gasteiger partial charge in [-0.05, 0) is 91.1 Å². The van der Waals surface area contributed by atoms with E-state index in [1.807, 2.05) is 28.7 Å². The van der Waals surface area contributed by atoms with Gasteiger partial charge >= 0.3 is 0 Å². The lowest BCUT2D eigenvalue weighted by atomic mass is 9.51. The summed E-state index contributed by atoms with van der Waals surface area (Å²) < 4.78 is 19.9. The zero-order valence-electron chi connectivity index (χ0n) is 22.5. The molecule has 0 aromatic heterocycles. The molecule has 2 aromatic carbocycles. The molecule has 6 rings (SSSR count). The highest BCUT2D eigenvalue weighted by Gasteiger charge is 2.67. The number of phenolic OH excluding ortho intramolecular Hbond substituents is 1. The average molecular weight is 693 g/mol. The van der Waals surface area contributed by atoms with E-state index in [0.29, 0.717) is 15.6 Å². The first kappa shape index (κ1) is 28.1. The molecule has 6 unspecified atom stereocenters. The van der Waals surface area contributed by atoms with Crippen molar-refractivity contribution in [1.29, 1.82) is 0 Å². The predicted molar refractivity (Wildman–Crippen MR) is 156 cm³/mol. The summed E-state index contributed by atoms with van der Waals surface area (Å²) in [7, 11) is 1.43. The first-order valence-corrected chi connectivity index (χ1v) is 14.9. The molecule has 0 bridgehead atoms. The highest BCUT2D eigenvalue weighted by atomic mass is 127. The molecule has 2 saturated heterocycles. The predicted octanol–water partition coefficient (Wildman–Crippen LogP) is 5.05. The molecule has 2 aliphatic heterocycles. The molecule has 1 N–H and O–H groups in total. The number of methoxy groups -OCH3 is 1. The number of hydrogen-bond donors (Lipinski definition) is 1. The number of fused-ring (bicyclic) bond motifs is 4. The summed E-state index contributed by atoms with van der Waals surface area (Å²) in [5, 5.41) is 10.4. The van der Waals surface area contributed by atoms with Crippen LogP contribution in [0.4, 0.5) is 10.1 Å². The van der Waals surface area contributed by atoms with E-state index in [1.54, 1.807) is 26.0 Å². The van der Waals surface area contributed by atoms with Crippen LogP contribution >= 0.6 is 34.2 Å². The fraction of sp³-hybridized carbons (Fsp3) is 0.400. The van der Waals surface area contributed by atoms with Crippen LogP contribution in [0, 0.1) is 38.5 Å². The van der Waals surface area contributed by atoms with E-state index in [2.05, 4.69) is 0 Å². The Labute approximate surface area is 254 Å². The lowest BCUT2D eigenvalue weighted by Crippen LogP contribution is -2.48. The van der Waals surface area contributed by atoms with Crippen molar-refractivity contribution >= 4 is 63.5 Å². The van der Waals surface area contributed by atoms with Crippen LogP contribution in [0.25, 0.3) is 0 Å². The highest BCUT2D eigenvalue weighted by Crippen LogP contribution is 2.64. The molecule has 1 saturated carbocycles. The minimum absolute atomic E-state index is 0.0461. The van der Waals surface area contributed by atoms with Gasteiger partial charge in [0.25, 0.3) is 0 Å². The molecule has 41 heavy (non-hydrogen) atoms. The van der Waals surface area contributed by atoms with Gasteiger partial charge in [0, 0.05) is 12.5 Å². The van der Waals surface area contributed by atoms with E-state index in [4.69, 9.17) is 16.3 Å². The maximum atomic E-state index is 14.4. The molecule has 0 radical (unpaired) electrons. The first-order chi connectivity index (χ1) is 19.4. The van der Waals surface area contributed by atoms with Crippen LogP contribution in [0.3, 0.4) is 0 Å². The maximum absolute atomic E-state index is 14.4. The minimum Gasteiger partial charge on any atom is -0.504 e. The second-order valence-electron chi connectivity index (χ2n) is 11.2. The topological polar surface area (TPSA) is 104 Å². The van der Waals surface area contributed by atoms with Crippen LogP contribution in [-0.4, -0.2) is 47.3 Å². The molecule has 2 heterocycles. The van der Waals surface area contributed by atoms with Crippen molar-refractivity contribution in [2.75, 3.05) is 18.6 Å². The van der Waals surface area contributed by atoms with Gasteiger partial charge < -0.3 is 9.84 Å². The van der Waals surface area contributed by atoms with Crippen molar-refractivity contribution in [2.45, 2.75) is 32.6 Å². The van der Waals surface area contributed by atoms with Crippen LogP contribution in [0.2, 0.25) is 5.02 Å². The molecule has 214 valence electrons. The zero-order chi connectivity index (χ0) is 29.5. The number of imide groups is 2. The fourth-order valence-electron chi connectivity index (χ4n) is 7.56. The van der Waals surface area contributed by atoms with Crippen molar-refractivity contribution < 1.29 is 33.4 Å². The molecule has 11 heteroatoms. The number of anilines is 1. The summed E-state index contributed by atoms with van der Waals surface area (Å²) in [6, 6.07) is 7.14. The number of aromatic hydroxyl groups is 1. The lowest BCUT2D eigenvalue weighted by molar-refractivity contribution is -0.140. The second kappa shape index (κ2) is 9.79. The molecular formula is C30H27ClFIN2O6. The Morgan fingerprint density at radius 3 is 2.51 bits per heavy atom. The SMILES string of the molecule is CCN1C(=O)C2CC=C3C(CC4C(=O)N(c5ccc(F)c(Cl)c5)C(=O)C4(C)C3c3cc(I)c(O)c(OC)c3)C2C1=O. The average Bonchev–Trinajstić information content (AvgIpc) is 3.31. The number of halogens is 3. The number of allylic oxidation sites excluding steroid dienone is 2. The van der Waals surface area contributed by atoms with Gasteiger partial charge in [0.05, 0.1) is 44.6 Å². The largest absolute Gasteiger partial charge is 0.504 e. The van der Waals surface area contributed by atoms with Crippen LogP contribution in [-0.2, 0) is 19.2 Å². The summed E-state index contributed by atoms with van der Waals surface area (Å²) in [5.41, 5.74) is 0.356. The van der Waals surface area contributed by atoms with Crippen molar-refractivity contribution in [3.63, 3.8) is 0 Å². The Morgan fingerprint density at radius 2 is 1.85 bits per heavy atom. The molecule has 6 atom stereocenters. The lowest BCUT2D eigenvalue weighted by Gasteiger charge is -2.49. The van der Waals surface area contributed by atoms with Crippen LogP contribution in [0.5, 0.6) is 11.5 Å². The summed E-state index contributed by atoms with van der Waals surface area (Å²) >= 11 is 8.02. The number of ether oxygens (including phenoxy) is 1. The van der Waals surface area contributed by atoms with E-state index in [-0.39, 0.29) is 47.0 Å². The summed E-state index contributed by atoms with van der Waals surface area (Å²) in [4.78, 5) is 57.6. The van der Waals surface area contributed by atoms with E-state index in [0.717, 1.165) is 16.5 Å². The molecule has 4 amide bonds. The van der Waals surface area contributed by atoms with E-state index >= 15 is 0 Å². The summed E-state index contributed by atoms with van der Waals surface area (Å²) in [6.45, 7) is 3.78. The van der Waals surface area contributed by atoms with Crippen molar-refractivity contribution in [2.24, 2.45) is 29.1 Å². The number of amides is 4. The first-order valence-electron chi connectivity index (χ1n) is 13.4. The minimum atomic E-state index is -1.28. The third-order valence-electron chi connectivity index (χ3n) is 9.45. The molecule has 2 aromatic rings. The third kappa shape index (κ3) is 3.82. The van der Waals surface area contributed by atoms with Crippen LogP contribution in [0.15, 0.2) is 42.0 Å². The molecular weight excluding hydrogens is 666 g/mol. The molecule has 3 fully saturated rings. The normalized spacial score (nSPS) is 30.8. The Balaban J connectivity index is 1.56. The number of rotatable bonds is 4. The number of carbonyl (C=O) groups is 4. The monoisotopic (exact) mass is 692 g/mol. The molecule has 0 spiro atoms. The number of nitrogens with zero attached hydrogens (tertiary/aromatic N) is 2. The number of likely N-dealkylation sites (tertiary alicyclic amines) is 1. The van der Waals surface area contributed by atoms with Gasteiger partial charge in [-0.15, -0.1) is 0 Å². The maximum Gasteiger partial charge on any atom is 0.241 e. The Hall–Kier alpha value is -2.99. The van der Waals surface area contributed by atoms with E-state index in [1.165, 1.54) is 24.1 Å². The number of carbonyl (C=O) groups excluding carboxylic acids is 4. The second-order valence-corrected chi connectivity index (χ2v) is 12.8. The van der Waals surface area contributed by atoms with Crippen LogP contribution in [0.1, 0.15) is 38.2 Å². The van der Waals surface area contributed by atoms with Crippen molar-refractivity contribution in [3.05, 3.63) is 62.0 Å². The van der Waals surface area contributed by atoms with E-state index in [9.17, 15) is 28.7 Å². The van der Waals surface area contributed by atoms with Gasteiger partial charge in [0.15, 0.2) is 11.5 Å². The zero-order valence-corrected chi connectivity index (χ0v) is 25.4.